The largest absolute Gasteiger partial charge is 0.503 e. The van der Waals surface area contributed by atoms with E-state index in [1.54, 1.807) is 7.11 Å². The molecule has 0 spiro atoms. The van der Waals surface area contributed by atoms with Crippen molar-refractivity contribution in [1.29, 1.82) is 0 Å². The maximum Gasteiger partial charge on any atom is 0.252 e. The fourth-order valence-electron chi connectivity index (χ4n) is 2.01. The Morgan fingerprint density at radius 3 is 2.76 bits per heavy atom. The number of methoxy groups -OCH3 is 1. The Bertz CT molecular complexity index is 722. The molecular formula is C15H16N2O4. The monoisotopic (exact) mass is 288 g/mol. The number of hydrogen-bond donors (Lipinski definition) is 1. The van der Waals surface area contributed by atoms with Crippen molar-refractivity contribution in [2.75, 3.05) is 7.11 Å². The zero-order chi connectivity index (χ0) is 15.4. The number of rotatable bonds is 5. The molecule has 0 aliphatic rings. The molecule has 21 heavy (non-hydrogen) atoms. The van der Waals surface area contributed by atoms with Gasteiger partial charge in [-0.25, -0.2) is 0 Å². The molecule has 2 rings (SSSR count). The minimum absolute atomic E-state index is 0.255. The highest BCUT2D eigenvalue weighted by Gasteiger charge is 2.13. The lowest BCUT2D eigenvalue weighted by Crippen LogP contribution is -2.21. The van der Waals surface area contributed by atoms with Gasteiger partial charge in [0, 0.05) is 13.5 Å². The van der Waals surface area contributed by atoms with Crippen molar-refractivity contribution < 1.29 is 14.6 Å². The molecule has 0 radical (unpaired) electrons. The first-order valence-corrected chi connectivity index (χ1v) is 6.46. The number of benzene rings is 1. The maximum atomic E-state index is 11.6. The number of carbonyl (C=O) groups excluding carboxylic acids is 1. The maximum absolute atomic E-state index is 11.6. The van der Waals surface area contributed by atoms with Gasteiger partial charge in [0.25, 0.3) is 5.43 Å². The molecule has 0 aliphatic heterocycles. The van der Waals surface area contributed by atoms with Crippen molar-refractivity contribution in [3.05, 3.63) is 51.9 Å². The van der Waals surface area contributed by atoms with Crippen molar-refractivity contribution in [2.45, 2.75) is 19.9 Å². The van der Waals surface area contributed by atoms with Gasteiger partial charge in [-0.3, -0.25) is 14.3 Å². The third-order valence-corrected chi connectivity index (χ3v) is 3.08. The molecule has 0 saturated heterocycles. The zero-order valence-electron chi connectivity index (χ0n) is 11.9. The van der Waals surface area contributed by atoms with E-state index in [1.807, 2.05) is 24.3 Å². The molecule has 0 fully saturated rings. The van der Waals surface area contributed by atoms with E-state index >= 15 is 0 Å². The van der Waals surface area contributed by atoms with Gasteiger partial charge < -0.3 is 9.84 Å². The summed E-state index contributed by atoms with van der Waals surface area (Å²) in [4.78, 5) is 22.9. The number of nitrogens with zero attached hydrogens (tertiary/aromatic N) is 2. The number of aryl methyl sites for hydroxylation is 2. The standard InChI is InChI=1S/C15H16N2O4/c1-10(18)14-15(20)12(19)9-17(16-14)8-7-11-5-3-4-6-13(11)21-2/h3-6,9,19H,7-8H2,1-2H3. The summed E-state index contributed by atoms with van der Waals surface area (Å²) in [5.74, 6) is -0.188. The SMILES string of the molecule is COc1ccccc1CCn1cc(O)c(=O)c(C(C)=O)n1. The predicted molar refractivity (Wildman–Crippen MR) is 76.9 cm³/mol. The topological polar surface area (TPSA) is 81.4 Å². The van der Waals surface area contributed by atoms with Crippen LogP contribution in [0.4, 0.5) is 0 Å². The van der Waals surface area contributed by atoms with Gasteiger partial charge in [0.1, 0.15) is 5.75 Å². The van der Waals surface area contributed by atoms with Crippen molar-refractivity contribution in [3.8, 4) is 11.5 Å². The Labute approximate surface area is 121 Å². The summed E-state index contributed by atoms with van der Waals surface area (Å²) in [6, 6.07) is 7.55. The number of Topliss-reactive ketones (excluding diaryl/α,β-unsaturated/α-hetero) is 1. The smallest absolute Gasteiger partial charge is 0.252 e. The number of hydrogen-bond acceptors (Lipinski definition) is 5. The molecule has 1 N–H and O–H groups in total. The first kappa shape index (κ1) is 14.8. The number of aromatic nitrogens is 2. The first-order valence-electron chi connectivity index (χ1n) is 6.46. The molecule has 6 heteroatoms. The minimum atomic E-state index is -0.740. The quantitative estimate of drug-likeness (QED) is 0.841. The number of aromatic hydroxyl groups is 1. The minimum Gasteiger partial charge on any atom is -0.503 e. The molecular weight excluding hydrogens is 272 g/mol. The Hall–Kier alpha value is -2.63. The lowest BCUT2D eigenvalue weighted by molar-refractivity contribution is 0.100. The van der Waals surface area contributed by atoms with Crippen LogP contribution >= 0.6 is 0 Å². The molecule has 0 bridgehead atoms. The molecule has 0 amide bonds. The Morgan fingerprint density at radius 2 is 2.10 bits per heavy atom. The van der Waals surface area contributed by atoms with Crippen molar-refractivity contribution in [3.63, 3.8) is 0 Å². The predicted octanol–water partition coefficient (Wildman–Crippen LogP) is 1.40. The Balaban J connectivity index is 2.24. The highest BCUT2D eigenvalue weighted by atomic mass is 16.5. The van der Waals surface area contributed by atoms with Crippen LogP contribution in [0.15, 0.2) is 35.3 Å². The fraction of sp³-hybridized carbons (Fsp3) is 0.267. The number of ether oxygens (including phenoxy) is 1. The van der Waals surface area contributed by atoms with Crippen LogP contribution in [0, 0.1) is 0 Å². The van der Waals surface area contributed by atoms with Gasteiger partial charge in [-0.05, 0) is 18.1 Å². The van der Waals surface area contributed by atoms with Crippen LogP contribution in [0.1, 0.15) is 23.0 Å². The number of carbonyl (C=O) groups is 1. The molecule has 1 aromatic carbocycles. The second-order valence-electron chi connectivity index (χ2n) is 4.57. The van der Waals surface area contributed by atoms with Gasteiger partial charge in [0.15, 0.2) is 17.2 Å². The van der Waals surface area contributed by atoms with Crippen LogP contribution in [0.3, 0.4) is 0 Å². The van der Waals surface area contributed by atoms with E-state index in [9.17, 15) is 14.7 Å². The molecule has 2 aromatic rings. The summed E-state index contributed by atoms with van der Waals surface area (Å²) in [7, 11) is 1.59. The second kappa shape index (κ2) is 6.21. The molecule has 1 heterocycles. The molecule has 110 valence electrons. The number of para-hydroxylation sites is 1. The van der Waals surface area contributed by atoms with Gasteiger partial charge in [0.2, 0.25) is 0 Å². The highest BCUT2D eigenvalue weighted by Crippen LogP contribution is 2.18. The van der Waals surface area contributed by atoms with E-state index in [4.69, 9.17) is 4.74 Å². The van der Waals surface area contributed by atoms with Gasteiger partial charge in [-0.1, -0.05) is 18.2 Å². The lowest BCUT2D eigenvalue weighted by Gasteiger charge is -2.10. The molecule has 0 atom stereocenters. The Kier molecular flexibility index (Phi) is 4.37. The van der Waals surface area contributed by atoms with Gasteiger partial charge in [-0.15, -0.1) is 0 Å². The first-order chi connectivity index (χ1) is 10.0. The van der Waals surface area contributed by atoms with Gasteiger partial charge in [-0.2, -0.15) is 5.10 Å². The third kappa shape index (κ3) is 3.28. The van der Waals surface area contributed by atoms with Crippen molar-refractivity contribution in [1.82, 2.24) is 9.78 Å². The molecule has 0 saturated carbocycles. The summed E-state index contributed by atoms with van der Waals surface area (Å²) in [5.41, 5.74) is -0.0181. The van der Waals surface area contributed by atoms with E-state index in [1.165, 1.54) is 17.8 Å². The molecule has 0 unspecified atom stereocenters. The molecule has 6 nitrogen and oxygen atoms in total. The van der Waals surface area contributed by atoms with Crippen LogP contribution in [-0.2, 0) is 13.0 Å². The Morgan fingerprint density at radius 1 is 1.38 bits per heavy atom. The normalized spacial score (nSPS) is 10.4. The van der Waals surface area contributed by atoms with Crippen LogP contribution in [0.25, 0.3) is 0 Å². The van der Waals surface area contributed by atoms with Crippen molar-refractivity contribution in [2.24, 2.45) is 0 Å². The lowest BCUT2D eigenvalue weighted by atomic mass is 10.1. The summed E-state index contributed by atoms with van der Waals surface area (Å²) >= 11 is 0. The summed E-state index contributed by atoms with van der Waals surface area (Å²) in [6.45, 7) is 1.65. The van der Waals surface area contributed by atoms with Gasteiger partial charge in [0.05, 0.1) is 13.3 Å². The van der Waals surface area contributed by atoms with Gasteiger partial charge >= 0.3 is 0 Å². The summed E-state index contributed by atoms with van der Waals surface area (Å²) in [6.07, 6.45) is 1.82. The van der Waals surface area contributed by atoms with Crippen molar-refractivity contribution >= 4 is 5.78 Å². The van der Waals surface area contributed by atoms with Crippen LogP contribution in [0.5, 0.6) is 11.5 Å². The number of ketones is 1. The average Bonchev–Trinajstić information content (AvgIpc) is 2.48. The van der Waals surface area contributed by atoms with E-state index in [2.05, 4.69) is 5.10 Å². The molecule has 0 aliphatic carbocycles. The van der Waals surface area contributed by atoms with E-state index in [0.29, 0.717) is 13.0 Å². The zero-order valence-corrected chi connectivity index (χ0v) is 11.9. The third-order valence-electron chi connectivity index (χ3n) is 3.08. The highest BCUT2D eigenvalue weighted by molar-refractivity contribution is 5.92. The van der Waals surface area contributed by atoms with Crippen LogP contribution < -0.4 is 10.2 Å². The summed E-state index contributed by atoms with van der Waals surface area (Å²) < 4.78 is 6.64. The van der Waals surface area contributed by atoms with Crippen LogP contribution in [-0.4, -0.2) is 27.8 Å². The van der Waals surface area contributed by atoms with E-state index < -0.39 is 17.0 Å². The summed E-state index contributed by atoms with van der Waals surface area (Å²) in [5, 5.41) is 13.5. The van der Waals surface area contributed by atoms with E-state index in [0.717, 1.165) is 11.3 Å². The van der Waals surface area contributed by atoms with Crippen LogP contribution in [0.2, 0.25) is 0 Å². The average molecular weight is 288 g/mol. The fourth-order valence-corrected chi connectivity index (χ4v) is 2.01. The molecule has 1 aromatic heterocycles. The second-order valence-corrected chi connectivity index (χ2v) is 4.57. The van der Waals surface area contributed by atoms with E-state index in [-0.39, 0.29) is 5.69 Å².